The standard InChI is InChI=1S/C20H27FN4O3/c1-3-16(28-17-8-5-7-15(21)11-17)12-24-20(22-4-2)25-14-19(26)23-13-18-9-6-10-27-18/h5-11,16H,3-4,12-14H2,1-2H3,(H,23,26)(H2,22,24,25). The Hall–Kier alpha value is -3.03. The second kappa shape index (κ2) is 11.6. The predicted octanol–water partition coefficient (Wildman–Crippen LogP) is 2.45. The van der Waals surface area contributed by atoms with Gasteiger partial charge in [0.2, 0.25) is 5.91 Å². The number of rotatable bonds is 10. The van der Waals surface area contributed by atoms with Crippen molar-refractivity contribution in [2.24, 2.45) is 4.99 Å². The van der Waals surface area contributed by atoms with Crippen LogP contribution in [-0.4, -0.2) is 37.6 Å². The quantitative estimate of drug-likeness (QED) is 0.428. The van der Waals surface area contributed by atoms with Crippen LogP contribution in [0.3, 0.4) is 0 Å². The summed E-state index contributed by atoms with van der Waals surface area (Å²) in [7, 11) is 0. The minimum atomic E-state index is -0.337. The fraction of sp³-hybridized carbons (Fsp3) is 0.400. The minimum absolute atomic E-state index is 0.0163. The third-order valence-corrected chi connectivity index (χ3v) is 3.82. The molecule has 1 unspecified atom stereocenters. The molecule has 152 valence electrons. The van der Waals surface area contributed by atoms with Gasteiger partial charge in [0, 0.05) is 12.6 Å². The van der Waals surface area contributed by atoms with Crippen molar-refractivity contribution >= 4 is 11.9 Å². The number of amides is 1. The van der Waals surface area contributed by atoms with Crippen LogP contribution in [0.1, 0.15) is 26.0 Å². The van der Waals surface area contributed by atoms with Gasteiger partial charge in [0.15, 0.2) is 5.96 Å². The Morgan fingerprint density at radius 3 is 2.75 bits per heavy atom. The number of carbonyl (C=O) groups is 1. The highest BCUT2D eigenvalue weighted by molar-refractivity contribution is 5.84. The Kier molecular flexibility index (Phi) is 8.84. The van der Waals surface area contributed by atoms with Crippen LogP contribution in [0, 0.1) is 5.82 Å². The van der Waals surface area contributed by atoms with Crippen molar-refractivity contribution in [1.29, 1.82) is 0 Å². The zero-order valence-electron chi connectivity index (χ0n) is 16.2. The number of furan rings is 1. The van der Waals surface area contributed by atoms with Crippen LogP contribution >= 0.6 is 0 Å². The summed E-state index contributed by atoms with van der Waals surface area (Å²) in [6.07, 6.45) is 2.12. The van der Waals surface area contributed by atoms with Gasteiger partial charge in [0.05, 0.1) is 19.4 Å². The van der Waals surface area contributed by atoms with Gasteiger partial charge in [-0.1, -0.05) is 13.0 Å². The smallest absolute Gasteiger partial charge is 0.242 e. The number of ether oxygens (including phenoxy) is 1. The molecule has 2 rings (SSSR count). The lowest BCUT2D eigenvalue weighted by Crippen LogP contribution is -2.43. The highest BCUT2D eigenvalue weighted by Crippen LogP contribution is 2.14. The largest absolute Gasteiger partial charge is 0.489 e. The molecular weight excluding hydrogens is 363 g/mol. The number of nitrogens with zero attached hydrogens (tertiary/aromatic N) is 1. The molecule has 1 heterocycles. The van der Waals surface area contributed by atoms with E-state index in [4.69, 9.17) is 9.15 Å². The van der Waals surface area contributed by atoms with Crippen LogP contribution < -0.4 is 20.7 Å². The summed E-state index contributed by atoms with van der Waals surface area (Å²) < 4.78 is 24.3. The maximum absolute atomic E-state index is 13.3. The number of halogens is 1. The lowest BCUT2D eigenvalue weighted by molar-refractivity contribution is -0.119. The minimum Gasteiger partial charge on any atom is -0.489 e. The molecular formula is C20H27FN4O3. The van der Waals surface area contributed by atoms with E-state index in [-0.39, 0.29) is 24.4 Å². The van der Waals surface area contributed by atoms with E-state index in [9.17, 15) is 9.18 Å². The first kappa shape index (κ1) is 21.3. The molecule has 0 radical (unpaired) electrons. The molecule has 3 N–H and O–H groups in total. The van der Waals surface area contributed by atoms with Crippen LogP contribution in [-0.2, 0) is 11.3 Å². The zero-order valence-corrected chi connectivity index (χ0v) is 16.2. The molecule has 0 aliphatic rings. The molecule has 1 amide bonds. The Labute approximate surface area is 164 Å². The summed E-state index contributed by atoms with van der Waals surface area (Å²) in [4.78, 5) is 16.2. The van der Waals surface area contributed by atoms with E-state index in [1.807, 2.05) is 13.8 Å². The van der Waals surface area contributed by atoms with Crippen molar-refractivity contribution in [1.82, 2.24) is 16.0 Å². The number of benzene rings is 1. The third kappa shape index (κ3) is 7.69. The van der Waals surface area contributed by atoms with Gasteiger partial charge in [-0.15, -0.1) is 0 Å². The Bertz CT molecular complexity index is 750. The van der Waals surface area contributed by atoms with E-state index in [0.717, 1.165) is 6.42 Å². The molecule has 0 bridgehead atoms. The van der Waals surface area contributed by atoms with E-state index in [0.29, 0.717) is 37.1 Å². The fourth-order valence-electron chi connectivity index (χ4n) is 2.36. The average molecular weight is 390 g/mol. The van der Waals surface area contributed by atoms with Crippen LogP contribution in [0.25, 0.3) is 0 Å². The summed E-state index contributed by atoms with van der Waals surface area (Å²) in [5.41, 5.74) is 0. The molecule has 0 fully saturated rings. The van der Waals surface area contributed by atoms with Crippen molar-refractivity contribution < 1.29 is 18.3 Å². The molecule has 0 saturated heterocycles. The molecule has 1 aromatic heterocycles. The number of carbonyl (C=O) groups excluding carboxylic acids is 1. The zero-order chi connectivity index (χ0) is 20.2. The van der Waals surface area contributed by atoms with Crippen molar-refractivity contribution in [3.05, 3.63) is 54.2 Å². The Morgan fingerprint density at radius 1 is 1.21 bits per heavy atom. The maximum atomic E-state index is 13.3. The maximum Gasteiger partial charge on any atom is 0.242 e. The molecule has 0 spiro atoms. The molecule has 0 aliphatic heterocycles. The second-order valence-electron chi connectivity index (χ2n) is 6.04. The van der Waals surface area contributed by atoms with E-state index in [2.05, 4.69) is 20.9 Å². The lowest BCUT2D eigenvalue weighted by Gasteiger charge is -2.20. The summed E-state index contributed by atoms with van der Waals surface area (Å²) in [5.74, 6) is 1.12. The molecule has 1 atom stereocenters. The monoisotopic (exact) mass is 390 g/mol. The molecule has 0 saturated carbocycles. The van der Waals surface area contributed by atoms with E-state index in [1.54, 1.807) is 30.5 Å². The van der Waals surface area contributed by atoms with Crippen molar-refractivity contribution in [3.63, 3.8) is 0 Å². The third-order valence-electron chi connectivity index (χ3n) is 3.82. The molecule has 28 heavy (non-hydrogen) atoms. The number of guanidine groups is 1. The number of aliphatic imine (C=N–C) groups is 1. The molecule has 2 aromatic rings. The van der Waals surface area contributed by atoms with E-state index >= 15 is 0 Å². The molecule has 8 heteroatoms. The average Bonchev–Trinajstić information content (AvgIpc) is 3.21. The van der Waals surface area contributed by atoms with Gasteiger partial charge >= 0.3 is 0 Å². The highest BCUT2D eigenvalue weighted by Gasteiger charge is 2.10. The first-order valence-electron chi connectivity index (χ1n) is 9.34. The molecule has 0 aliphatic carbocycles. The van der Waals surface area contributed by atoms with Gasteiger partial charge in [-0.3, -0.25) is 4.79 Å². The molecule has 1 aromatic carbocycles. The van der Waals surface area contributed by atoms with E-state index in [1.165, 1.54) is 12.1 Å². The summed E-state index contributed by atoms with van der Waals surface area (Å²) in [5, 5.41) is 8.98. The first-order valence-corrected chi connectivity index (χ1v) is 9.34. The van der Waals surface area contributed by atoms with Gasteiger partial charge in [-0.05, 0) is 37.6 Å². The van der Waals surface area contributed by atoms with Crippen molar-refractivity contribution in [3.8, 4) is 5.75 Å². The van der Waals surface area contributed by atoms with Gasteiger partial charge in [0.25, 0.3) is 0 Å². The normalized spacial score (nSPS) is 12.3. The van der Waals surface area contributed by atoms with Gasteiger partial charge in [-0.25, -0.2) is 9.38 Å². The number of hydrogen-bond acceptors (Lipinski definition) is 4. The Morgan fingerprint density at radius 2 is 2.07 bits per heavy atom. The number of nitrogens with one attached hydrogen (secondary N) is 3. The SMILES string of the molecule is CCNC(=NCC(=O)NCc1ccco1)NCC(CC)Oc1cccc(F)c1. The van der Waals surface area contributed by atoms with Crippen molar-refractivity contribution in [2.75, 3.05) is 19.6 Å². The highest BCUT2D eigenvalue weighted by atomic mass is 19.1. The van der Waals surface area contributed by atoms with Crippen molar-refractivity contribution in [2.45, 2.75) is 32.9 Å². The summed E-state index contributed by atoms with van der Waals surface area (Å²) in [6, 6.07) is 9.61. The first-order chi connectivity index (χ1) is 13.6. The van der Waals surface area contributed by atoms with E-state index < -0.39 is 0 Å². The predicted molar refractivity (Wildman–Crippen MR) is 106 cm³/mol. The summed E-state index contributed by atoms with van der Waals surface area (Å²) >= 11 is 0. The van der Waals surface area contributed by atoms with Gasteiger partial charge in [0.1, 0.15) is 30.0 Å². The van der Waals surface area contributed by atoms with Crippen LogP contribution in [0.2, 0.25) is 0 Å². The van der Waals surface area contributed by atoms with Crippen LogP contribution in [0.5, 0.6) is 5.75 Å². The van der Waals surface area contributed by atoms with Gasteiger partial charge < -0.3 is 25.1 Å². The fourth-order valence-corrected chi connectivity index (χ4v) is 2.36. The van der Waals surface area contributed by atoms with Crippen LogP contribution in [0.4, 0.5) is 4.39 Å². The van der Waals surface area contributed by atoms with Crippen LogP contribution in [0.15, 0.2) is 52.1 Å². The number of hydrogen-bond donors (Lipinski definition) is 3. The Balaban J connectivity index is 1.82. The second-order valence-corrected chi connectivity index (χ2v) is 6.04. The van der Waals surface area contributed by atoms with Gasteiger partial charge in [-0.2, -0.15) is 0 Å². The molecule has 7 nitrogen and oxygen atoms in total. The topological polar surface area (TPSA) is 87.9 Å². The summed E-state index contributed by atoms with van der Waals surface area (Å²) in [6.45, 7) is 5.35. The lowest BCUT2D eigenvalue weighted by atomic mass is 10.2.